The number of hydrogen-bond acceptors (Lipinski definition) is 5. The maximum atomic E-state index is 13.0. The number of likely N-dealkylation sites (tertiary alicyclic amines) is 1. The predicted octanol–water partition coefficient (Wildman–Crippen LogP) is 2.74. The Kier molecular flexibility index (Phi) is 6.71. The van der Waals surface area contributed by atoms with Crippen LogP contribution in [0.15, 0.2) is 24.3 Å². The number of para-hydroxylation sites is 1. The lowest BCUT2D eigenvalue weighted by molar-refractivity contribution is -0.123. The summed E-state index contributed by atoms with van der Waals surface area (Å²) in [5, 5.41) is 8.34. The first-order valence-corrected chi connectivity index (χ1v) is 9.64. The van der Waals surface area contributed by atoms with E-state index < -0.39 is 18.6 Å². The molecule has 2 heterocycles. The molecule has 1 fully saturated rings. The summed E-state index contributed by atoms with van der Waals surface area (Å²) >= 11 is 0. The average Bonchev–Trinajstić information content (AvgIpc) is 3.26. The van der Waals surface area contributed by atoms with Crippen LogP contribution in [-0.4, -0.2) is 66.9 Å². The van der Waals surface area contributed by atoms with Crippen LogP contribution in [0.3, 0.4) is 0 Å². The fraction of sp³-hybridized carbons (Fsp3) is 0.450. The summed E-state index contributed by atoms with van der Waals surface area (Å²) in [4.78, 5) is 26.5. The van der Waals surface area contributed by atoms with Crippen LogP contribution in [-0.2, 0) is 0 Å². The number of rotatable bonds is 6. The molecule has 0 spiro atoms. The summed E-state index contributed by atoms with van der Waals surface area (Å²) in [6.45, 7) is -0.473. The molecule has 0 radical (unpaired) electrons. The summed E-state index contributed by atoms with van der Waals surface area (Å²) in [6, 6.07) is 6.56. The van der Waals surface area contributed by atoms with Crippen molar-refractivity contribution >= 4 is 11.8 Å². The molecule has 0 bridgehead atoms. The minimum absolute atomic E-state index is 0.00733. The average molecular weight is 440 g/mol. The summed E-state index contributed by atoms with van der Waals surface area (Å²) in [7, 11) is 2.97. The van der Waals surface area contributed by atoms with Gasteiger partial charge in [0.25, 0.3) is 11.8 Å². The number of carbonyl (C=O) groups excluding carboxylic acids is 2. The number of carbonyl (C=O) groups is 2. The number of hydrogen-bond donors (Lipinski definition) is 2. The standard InChI is InChI=1S/C20H23F3N4O4/c1-30-16-5-3-4-13(17(16)31-2)19(29)27-8-6-12(7-9-27)14-10-15(26-25-14)18(28)24-11-20(21,22)23/h3-5,10,12H,6-9,11H2,1-2H3,(H,24,28)(H,25,26). The zero-order valence-electron chi connectivity index (χ0n) is 17.1. The third-order valence-corrected chi connectivity index (χ3v) is 5.14. The Morgan fingerprint density at radius 3 is 2.55 bits per heavy atom. The van der Waals surface area contributed by atoms with Gasteiger partial charge in [-0.05, 0) is 31.0 Å². The molecule has 168 valence electrons. The molecule has 3 rings (SSSR count). The molecule has 8 nitrogen and oxygen atoms in total. The molecule has 2 amide bonds. The molecule has 11 heteroatoms. The second-order valence-electron chi connectivity index (χ2n) is 7.11. The van der Waals surface area contributed by atoms with Crippen molar-refractivity contribution in [2.24, 2.45) is 0 Å². The Morgan fingerprint density at radius 1 is 1.23 bits per heavy atom. The Hall–Kier alpha value is -3.24. The van der Waals surface area contributed by atoms with Gasteiger partial charge in [-0.15, -0.1) is 0 Å². The zero-order valence-corrected chi connectivity index (χ0v) is 17.1. The van der Waals surface area contributed by atoms with Gasteiger partial charge in [0.15, 0.2) is 11.5 Å². The maximum absolute atomic E-state index is 13.0. The number of piperidine rings is 1. The quantitative estimate of drug-likeness (QED) is 0.720. The highest BCUT2D eigenvalue weighted by molar-refractivity contribution is 5.98. The first-order valence-electron chi connectivity index (χ1n) is 9.64. The third-order valence-electron chi connectivity index (χ3n) is 5.14. The normalized spacial score (nSPS) is 14.9. The van der Waals surface area contributed by atoms with Crippen LogP contribution in [0.1, 0.15) is 45.3 Å². The Balaban J connectivity index is 1.61. The van der Waals surface area contributed by atoms with E-state index >= 15 is 0 Å². The minimum atomic E-state index is -4.49. The van der Waals surface area contributed by atoms with Gasteiger partial charge in [0.1, 0.15) is 12.2 Å². The van der Waals surface area contributed by atoms with Crippen molar-refractivity contribution in [2.45, 2.75) is 24.9 Å². The number of ether oxygens (including phenoxy) is 2. The van der Waals surface area contributed by atoms with Crippen molar-refractivity contribution in [3.05, 3.63) is 41.2 Å². The van der Waals surface area contributed by atoms with Gasteiger partial charge in [0, 0.05) is 24.7 Å². The maximum Gasteiger partial charge on any atom is 0.405 e. The molecule has 1 aliphatic rings. The largest absolute Gasteiger partial charge is 0.493 e. The van der Waals surface area contributed by atoms with E-state index in [-0.39, 0.29) is 17.5 Å². The fourth-order valence-electron chi connectivity index (χ4n) is 3.55. The molecule has 0 aliphatic carbocycles. The number of H-pyrrole nitrogens is 1. The SMILES string of the molecule is COc1cccc(C(=O)N2CCC(c3cc(C(=O)NCC(F)(F)F)n[nH]3)CC2)c1OC. The first-order chi connectivity index (χ1) is 14.7. The van der Waals surface area contributed by atoms with E-state index in [1.54, 1.807) is 28.4 Å². The van der Waals surface area contributed by atoms with E-state index in [4.69, 9.17) is 9.47 Å². The van der Waals surface area contributed by atoms with Crippen LogP contribution >= 0.6 is 0 Å². The number of nitrogens with zero attached hydrogens (tertiary/aromatic N) is 2. The summed E-state index contributed by atoms with van der Waals surface area (Å²) < 4.78 is 47.3. The van der Waals surface area contributed by atoms with Crippen molar-refractivity contribution in [1.82, 2.24) is 20.4 Å². The molecule has 1 saturated heterocycles. The summed E-state index contributed by atoms with van der Waals surface area (Å²) in [5.74, 6) is -0.214. The van der Waals surface area contributed by atoms with Crippen molar-refractivity contribution in [3.8, 4) is 11.5 Å². The molecular weight excluding hydrogens is 417 g/mol. The van der Waals surface area contributed by atoms with E-state index in [2.05, 4.69) is 10.2 Å². The Bertz CT molecular complexity index is 937. The van der Waals surface area contributed by atoms with E-state index in [1.807, 2.05) is 0 Å². The second-order valence-corrected chi connectivity index (χ2v) is 7.11. The van der Waals surface area contributed by atoms with Crippen molar-refractivity contribution in [2.75, 3.05) is 33.9 Å². The molecule has 0 atom stereocenters. The monoisotopic (exact) mass is 440 g/mol. The second kappa shape index (κ2) is 9.27. The fourth-order valence-corrected chi connectivity index (χ4v) is 3.55. The lowest BCUT2D eigenvalue weighted by atomic mass is 9.93. The molecule has 2 aromatic rings. The molecule has 0 unspecified atom stereocenters. The van der Waals surface area contributed by atoms with Crippen LogP contribution in [0, 0.1) is 0 Å². The molecule has 1 aromatic carbocycles. The Morgan fingerprint density at radius 2 is 1.94 bits per heavy atom. The summed E-state index contributed by atoms with van der Waals surface area (Å²) in [6.07, 6.45) is -3.26. The number of nitrogens with one attached hydrogen (secondary N) is 2. The van der Waals surface area contributed by atoms with Crippen LogP contribution < -0.4 is 14.8 Å². The highest BCUT2D eigenvalue weighted by Crippen LogP contribution is 2.33. The van der Waals surface area contributed by atoms with Gasteiger partial charge in [-0.3, -0.25) is 14.7 Å². The number of aromatic amines is 1. The minimum Gasteiger partial charge on any atom is -0.493 e. The highest BCUT2D eigenvalue weighted by atomic mass is 19.4. The summed E-state index contributed by atoms with van der Waals surface area (Å²) in [5.41, 5.74) is 0.965. The third kappa shape index (κ3) is 5.28. The van der Waals surface area contributed by atoms with Crippen LogP contribution in [0.2, 0.25) is 0 Å². The van der Waals surface area contributed by atoms with Gasteiger partial charge in [0.05, 0.1) is 19.8 Å². The van der Waals surface area contributed by atoms with Crippen molar-refractivity contribution in [3.63, 3.8) is 0 Å². The predicted molar refractivity (Wildman–Crippen MR) is 104 cm³/mol. The number of amides is 2. The van der Waals surface area contributed by atoms with Gasteiger partial charge in [-0.25, -0.2) is 0 Å². The smallest absolute Gasteiger partial charge is 0.405 e. The van der Waals surface area contributed by atoms with Gasteiger partial charge >= 0.3 is 6.18 Å². The first kappa shape index (κ1) is 22.4. The van der Waals surface area contributed by atoms with Crippen LogP contribution in [0.25, 0.3) is 0 Å². The molecule has 2 N–H and O–H groups in total. The van der Waals surface area contributed by atoms with Gasteiger partial charge < -0.3 is 19.7 Å². The lowest BCUT2D eigenvalue weighted by Gasteiger charge is -2.32. The van der Waals surface area contributed by atoms with Crippen LogP contribution in [0.4, 0.5) is 13.2 Å². The molecule has 0 saturated carbocycles. The lowest BCUT2D eigenvalue weighted by Crippen LogP contribution is -2.38. The van der Waals surface area contributed by atoms with E-state index in [1.165, 1.54) is 20.3 Å². The topological polar surface area (TPSA) is 96.5 Å². The molecular formula is C20H23F3N4O4. The van der Waals surface area contributed by atoms with Gasteiger partial charge in [-0.2, -0.15) is 18.3 Å². The van der Waals surface area contributed by atoms with Crippen molar-refractivity contribution < 1.29 is 32.2 Å². The number of halogens is 3. The number of benzene rings is 1. The molecule has 1 aliphatic heterocycles. The Labute approximate surface area is 176 Å². The van der Waals surface area contributed by atoms with Crippen LogP contribution in [0.5, 0.6) is 11.5 Å². The van der Waals surface area contributed by atoms with E-state index in [9.17, 15) is 22.8 Å². The number of aromatic nitrogens is 2. The highest BCUT2D eigenvalue weighted by Gasteiger charge is 2.30. The van der Waals surface area contributed by atoms with Gasteiger partial charge in [-0.1, -0.05) is 6.07 Å². The van der Waals surface area contributed by atoms with Gasteiger partial charge in [0.2, 0.25) is 0 Å². The number of alkyl halides is 3. The number of methoxy groups -OCH3 is 2. The van der Waals surface area contributed by atoms with Crippen molar-refractivity contribution in [1.29, 1.82) is 0 Å². The van der Waals surface area contributed by atoms with E-state index in [0.717, 1.165) is 0 Å². The van der Waals surface area contributed by atoms with E-state index in [0.29, 0.717) is 48.7 Å². The molecule has 1 aromatic heterocycles. The zero-order chi connectivity index (χ0) is 22.6. The molecule has 31 heavy (non-hydrogen) atoms.